The first-order valence-electron chi connectivity index (χ1n) is 7.27. The highest BCUT2D eigenvalue weighted by molar-refractivity contribution is 6.04. The van der Waals surface area contributed by atoms with E-state index in [0.717, 1.165) is 17.9 Å². The number of nitrogens with one attached hydrogen (secondary N) is 2. The first kappa shape index (κ1) is 13.8. The largest absolute Gasteiger partial charge is 0.322 e. The molecule has 1 heterocycles. The molecular formula is C17H19N3O. The summed E-state index contributed by atoms with van der Waals surface area (Å²) in [5.74, 6) is -0.121. The molecule has 21 heavy (non-hydrogen) atoms. The van der Waals surface area contributed by atoms with E-state index in [-0.39, 0.29) is 5.91 Å². The first-order chi connectivity index (χ1) is 10.2. The number of aromatic nitrogens is 1. The highest BCUT2D eigenvalue weighted by atomic mass is 16.1. The number of amides is 1. The number of hydrogen-bond acceptors (Lipinski definition) is 3. The third kappa shape index (κ3) is 3.67. The van der Waals surface area contributed by atoms with Crippen LogP contribution < -0.4 is 10.6 Å². The van der Waals surface area contributed by atoms with Crippen molar-refractivity contribution in [3.8, 4) is 0 Å². The summed E-state index contributed by atoms with van der Waals surface area (Å²) < 4.78 is 0. The van der Waals surface area contributed by atoms with E-state index in [1.165, 1.54) is 18.4 Å². The van der Waals surface area contributed by atoms with Crippen LogP contribution in [-0.4, -0.2) is 16.9 Å². The molecule has 1 amide bonds. The summed E-state index contributed by atoms with van der Waals surface area (Å²) in [5, 5.41) is 6.37. The van der Waals surface area contributed by atoms with Crippen molar-refractivity contribution in [2.75, 3.05) is 5.32 Å². The van der Waals surface area contributed by atoms with E-state index < -0.39 is 0 Å². The minimum Gasteiger partial charge on any atom is -0.322 e. The maximum Gasteiger partial charge on any atom is 0.257 e. The van der Waals surface area contributed by atoms with Crippen LogP contribution in [0.15, 0.2) is 42.6 Å². The van der Waals surface area contributed by atoms with Crippen molar-refractivity contribution in [3.05, 3.63) is 59.4 Å². The molecule has 0 unspecified atom stereocenters. The highest BCUT2D eigenvalue weighted by Gasteiger charge is 2.19. The molecule has 1 aromatic heterocycles. The molecule has 1 fully saturated rings. The molecule has 1 aliphatic carbocycles. The van der Waals surface area contributed by atoms with Gasteiger partial charge in [-0.15, -0.1) is 0 Å². The summed E-state index contributed by atoms with van der Waals surface area (Å²) in [7, 11) is 0. The molecular weight excluding hydrogens is 262 g/mol. The van der Waals surface area contributed by atoms with Crippen molar-refractivity contribution in [2.45, 2.75) is 32.4 Å². The minimum atomic E-state index is -0.121. The smallest absolute Gasteiger partial charge is 0.257 e. The molecule has 0 radical (unpaired) electrons. The Kier molecular flexibility index (Phi) is 3.97. The van der Waals surface area contributed by atoms with E-state index in [0.29, 0.717) is 11.6 Å². The molecule has 0 saturated heterocycles. The normalized spacial score (nSPS) is 14.0. The lowest BCUT2D eigenvalue weighted by atomic mass is 10.1. The summed E-state index contributed by atoms with van der Waals surface area (Å²) >= 11 is 0. The minimum absolute atomic E-state index is 0.121. The van der Waals surface area contributed by atoms with Gasteiger partial charge in [0.15, 0.2) is 0 Å². The van der Waals surface area contributed by atoms with Gasteiger partial charge in [-0.05, 0) is 49.6 Å². The zero-order valence-corrected chi connectivity index (χ0v) is 12.1. The van der Waals surface area contributed by atoms with Crippen LogP contribution in [-0.2, 0) is 6.54 Å². The molecule has 0 bridgehead atoms. The van der Waals surface area contributed by atoms with Gasteiger partial charge in [0, 0.05) is 30.2 Å². The molecule has 2 aromatic rings. The monoisotopic (exact) mass is 281 g/mol. The summed E-state index contributed by atoms with van der Waals surface area (Å²) in [6.07, 6.45) is 4.27. The molecule has 0 atom stereocenters. The highest BCUT2D eigenvalue weighted by Crippen LogP contribution is 2.19. The van der Waals surface area contributed by atoms with Crippen molar-refractivity contribution in [2.24, 2.45) is 0 Å². The number of benzene rings is 1. The standard InChI is InChI=1S/C17H19N3O/c1-12-16(3-2-10-18-12)17(21)20-15-6-4-13(5-7-15)11-19-14-8-9-14/h2-7,10,14,19H,8-9,11H2,1H3,(H,20,21). The van der Waals surface area contributed by atoms with Gasteiger partial charge in [-0.2, -0.15) is 0 Å². The van der Waals surface area contributed by atoms with E-state index in [1.807, 2.05) is 31.2 Å². The Hall–Kier alpha value is -2.20. The van der Waals surface area contributed by atoms with Crippen LogP contribution >= 0.6 is 0 Å². The lowest BCUT2D eigenvalue weighted by Gasteiger charge is -2.08. The topological polar surface area (TPSA) is 54.0 Å². The van der Waals surface area contributed by atoms with Crippen LogP contribution in [0.2, 0.25) is 0 Å². The second-order valence-electron chi connectivity index (χ2n) is 5.44. The van der Waals surface area contributed by atoms with Gasteiger partial charge in [-0.3, -0.25) is 9.78 Å². The fourth-order valence-electron chi connectivity index (χ4n) is 2.18. The number of hydrogen-bond donors (Lipinski definition) is 2. The fraction of sp³-hybridized carbons (Fsp3) is 0.294. The van der Waals surface area contributed by atoms with Crippen molar-refractivity contribution < 1.29 is 4.79 Å². The van der Waals surface area contributed by atoms with Crippen LogP contribution in [0, 0.1) is 6.92 Å². The Morgan fingerprint density at radius 2 is 2.00 bits per heavy atom. The lowest BCUT2D eigenvalue weighted by Crippen LogP contribution is -2.16. The number of carbonyl (C=O) groups excluding carboxylic acids is 1. The maximum absolute atomic E-state index is 12.2. The van der Waals surface area contributed by atoms with Crippen molar-refractivity contribution >= 4 is 11.6 Å². The lowest BCUT2D eigenvalue weighted by molar-refractivity contribution is 0.102. The molecule has 1 aromatic carbocycles. The average molecular weight is 281 g/mol. The predicted molar refractivity (Wildman–Crippen MR) is 83.2 cm³/mol. The summed E-state index contributed by atoms with van der Waals surface area (Å²) in [6.45, 7) is 2.72. The zero-order chi connectivity index (χ0) is 14.7. The number of pyridine rings is 1. The molecule has 4 heteroatoms. The van der Waals surface area contributed by atoms with Gasteiger partial charge in [-0.25, -0.2) is 0 Å². The Morgan fingerprint density at radius 1 is 1.24 bits per heavy atom. The third-order valence-corrected chi connectivity index (χ3v) is 3.64. The van der Waals surface area contributed by atoms with Gasteiger partial charge in [0.2, 0.25) is 0 Å². The van der Waals surface area contributed by atoms with Crippen LogP contribution in [0.4, 0.5) is 5.69 Å². The Labute approximate surface area is 124 Å². The SMILES string of the molecule is Cc1ncccc1C(=O)Nc1ccc(CNC2CC2)cc1. The van der Waals surface area contributed by atoms with Gasteiger partial charge in [0.25, 0.3) is 5.91 Å². The summed E-state index contributed by atoms with van der Waals surface area (Å²) in [4.78, 5) is 16.3. The van der Waals surface area contributed by atoms with E-state index >= 15 is 0 Å². The number of anilines is 1. The van der Waals surface area contributed by atoms with E-state index in [9.17, 15) is 4.79 Å². The summed E-state index contributed by atoms with van der Waals surface area (Å²) in [5.41, 5.74) is 3.38. The molecule has 108 valence electrons. The number of aryl methyl sites for hydroxylation is 1. The van der Waals surface area contributed by atoms with Crippen molar-refractivity contribution in [3.63, 3.8) is 0 Å². The Balaban J connectivity index is 1.61. The second kappa shape index (κ2) is 6.06. The third-order valence-electron chi connectivity index (χ3n) is 3.64. The molecule has 3 rings (SSSR count). The zero-order valence-electron chi connectivity index (χ0n) is 12.1. The molecule has 0 spiro atoms. The van der Waals surface area contributed by atoms with Crippen LogP contribution in [0.3, 0.4) is 0 Å². The number of carbonyl (C=O) groups is 1. The molecule has 1 aliphatic rings. The van der Waals surface area contributed by atoms with Crippen LogP contribution in [0.25, 0.3) is 0 Å². The number of nitrogens with zero attached hydrogens (tertiary/aromatic N) is 1. The van der Waals surface area contributed by atoms with E-state index in [2.05, 4.69) is 15.6 Å². The van der Waals surface area contributed by atoms with E-state index in [1.54, 1.807) is 18.3 Å². The Morgan fingerprint density at radius 3 is 2.67 bits per heavy atom. The molecule has 0 aliphatic heterocycles. The maximum atomic E-state index is 12.2. The van der Waals surface area contributed by atoms with Crippen LogP contribution in [0.5, 0.6) is 0 Å². The van der Waals surface area contributed by atoms with Gasteiger partial charge in [0.1, 0.15) is 0 Å². The second-order valence-corrected chi connectivity index (χ2v) is 5.44. The van der Waals surface area contributed by atoms with Gasteiger partial charge >= 0.3 is 0 Å². The Bertz CT molecular complexity index is 633. The van der Waals surface area contributed by atoms with Gasteiger partial charge in [-0.1, -0.05) is 12.1 Å². The summed E-state index contributed by atoms with van der Waals surface area (Å²) in [6, 6.07) is 12.2. The van der Waals surface area contributed by atoms with E-state index in [4.69, 9.17) is 0 Å². The van der Waals surface area contributed by atoms with Crippen LogP contribution in [0.1, 0.15) is 34.5 Å². The first-order valence-corrected chi connectivity index (χ1v) is 7.27. The van der Waals surface area contributed by atoms with Crippen molar-refractivity contribution in [1.82, 2.24) is 10.3 Å². The molecule has 1 saturated carbocycles. The average Bonchev–Trinajstić information content (AvgIpc) is 3.31. The predicted octanol–water partition coefficient (Wildman–Crippen LogP) is 2.89. The van der Waals surface area contributed by atoms with Gasteiger partial charge in [0.05, 0.1) is 5.56 Å². The number of rotatable bonds is 5. The molecule has 2 N–H and O–H groups in total. The van der Waals surface area contributed by atoms with Gasteiger partial charge < -0.3 is 10.6 Å². The molecule has 4 nitrogen and oxygen atoms in total. The van der Waals surface area contributed by atoms with Crippen molar-refractivity contribution in [1.29, 1.82) is 0 Å². The quantitative estimate of drug-likeness (QED) is 0.886. The fourth-order valence-corrected chi connectivity index (χ4v) is 2.18.